The lowest BCUT2D eigenvalue weighted by Gasteiger charge is -2.13. The lowest BCUT2D eigenvalue weighted by Crippen LogP contribution is -2.22. The Morgan fingerprint density at radius 1 is 0.880 bits per heavy atom. The molecular weight excluding hydrogens is 316 g/mol. The number of nitrogens with one attached hydrogen (secondary N) is 2. The van der Waals surface area contributed by atoms with Crippen LogP contribution in [0.3, 0.4) is 0 Å². The fourth-order valence-electron chi connectivity index (χ4n) is 2.73. The van der Waals surface area contributed by atoms with E-state index in [2.05, 4.69) is 10.6 Å². The molecule has 2 amide bonds. The number of ketones is 1. The lowest BCUT2D eigenvalue weighted by molar-refractivity contribution is -0.123. The van der Waals surface area contributed by atoms with Crippen LogP contribution in [0.25, 0.3) is 0 Å². The normalized spacial score (nSPS) is 10.2. The summed E-state index contributed by atoms with van der Waals surface area (Å²) in [5.41, 5.74) is 4.78. The number of carbonyl (C=O) groups excluding carboxylic acids is 3. The summed E-state index contributed by atoms with van der Waals surface area (Å²) in [7, 11) is 0. The summed E-state index contributed by atoms with van der Waals surface area (Å²) in [6, 6.07) is 10.6. The van der Waals surface area contributed by atoms with Gasteiger partial charge in [0.05, 0.1) is 0 Å². The number of benzene rings is 2. The first-order valence-corrected chi connectivity index (χ1v) is 8.05. The molecule has 130 valence electrons. The van der Waals surface area contributed by atoms with Gasteiger partial charge in [0.25, 0.3) is 0 Å². The average Bonchev–Trinajstić information content (AvgIpc) is 2.50. The predicted molar refractivity (Wildman–Crippen MR) is 99.0 cm³/mol. The van der Waals surface area contributed by atoms with Crippen molar-refractivity contribution in [2.75, 3.05) is 10.6 Å². The number of aryl methyl sites for hydroxylation is 3. The number of rotatable bonds is 5. The van der Waals surface area contributed by atoms with E-state index in [-0.39, 0.29) is 18.1 Å². The third-order valence-corrected chi connectivity index (χ3v) is 3.82. The van der Waals surface area contributed by atoms with Gasteiger partial charge < -0.3 is 10.6 Å². The zero-order valence-corrected chi connectivity index (χ0v) is 14.9. The van der Waals surface area contributed by atoms with Crippen molar-refractivity contribution in [3.8, 4) is 0 Å². The van der Waals surface area contributed by atoms with E-state index in [1.807, 2.05) is 32.9 Å². The molecule has 0 spiro atoms. The molecule has 2 aromatic carbocycles. The second-order valence-corrected chi connectivity index (χ2v) is 6.18. The van der Waals surface area contributed by atoms with E-state index in [0.29, 0.717) is 11.3 Å². The number of Topliss-reactive ketones (excluding diaryl/α,β-unsaturated/α-hetero) is 1. The van der Waals surface area contributed by atoms with Crippen molar-refractivity contribution in [3.05, 3.63) is 58.7 Å². The monoisotopic (exact) mass is 338 g/mol. The van der Waals surface area contributed by atoms with E-state index in [9.17, 15) is 14.4 Å². The maximum atomic E-state index is 12.2. The Labute approximate surface area is 147 Å². The van der Waals surface area contributed by atoms with Gasteiger partial charge in [-0.05, 0) is 51.0 Å². The topological polar surface area (TPSA) is 75.3 Å². The minimum atomic E-state index is -0.430. The van der Waals surface area contributed by atoms with Gasteiger partial charge in [-0.2, -0.15) is 0 Å². The van der Waals surface area contributed by atoms with Gasteiger partial charge >= 0.3 is 0 Å². The zero-order chi connectivity index (χ0) is 18.6. The molecule has 2 rings (SSSR count). The van der Waals surface area contributed by atoms with Gasteiger partial charge in [0, 0.05) is 16.9 Å². The van der Waals surface area contributed by atoms with Crippen LogP contribution >= 0.6 is 0 Å². The van der Waals surface area contributed by atoms with Crippen LogP contribution < -0.4 is 10.6 Å². The first kappa shape index (κ1) is 18.4. The SMILES string of the molecule is CC(=O)c1cccc(NC(=O)CC(=O)Nc2c(C)cc(C)cc2C)c1. The van der Waals surface area contributed by atoms with E-state index >= 15 is 0 Å². The van der Waals surface area contributed by atoms with Crippen LogP contribution in [-0.2, 0) is 9.59 Å². The van der Waals surface area contributed by atoms with Gasteiger partial charge in [0.2, 0.25) is 11.8 Å². The minimum absolute atomic E-state index is 0.0841. The second-order valence-electron chi connectivity index (χ2n) is 6.18. The molecule has 0 atom stereocenters. The number of hydrogen-bond donors (Lipinski definition) is 2. The Morgan fingerprint density at radius 3 is 2.08 bits per heavy atom. The summed E-state index contributed by atoms with van der Waals surface area (Å²) in [4.78, 5) is 35.6. The van der Waals surface area contributed by atoms with Gasteiger partial charge in [-0.3, -0.25) is 14.4 Å². The highest BCUT2D eigenvalue weighted by Crippen LogP contribution is 2.22. The third-order valence-electron chi connectivity index (χ3n) is 3.82. The van der Waals surface area contributed by atoms with Gasteiger partial charge in [0.1, 0.15) is 6.42 Å². The molecule has 5 nitrogen and oxygen atoms in total. The van der Waals surface area contributed by atoms with Crippen molar-refractivity contribution in [2.45, 2.75) is 34.1 Å². The fourth-order valence-corrected chi connectivity index (χ4v) is 2.73. The first-order chi connectivity index (χ1) is 11.8. The summed E-state index contributed by atoms with van der Waals surface area (Å²) in [5, 5.41) is 5.44. The van der Waals surface area contributed by atoms with Crippen LogP contribution in [-0.4, -0.2) is 17.6 Å². The van der Waals surface area contributed by atoms with Crippen LogP contribution in [0.15, 0.2) is 36.4 Å². The van der Waals surface area contributed by atoms with Crippen molar-refractivity contribution in [3.63, 3.8) is 0 Å². The van der Waals surface area contributed by atoms with Gasteiger partial charge in [-0.1, -0.05) is 29.8 Å². The summed E-state index contributed by atoms with van der Waals surface area (Å²) >= 11 is 0. The second kappa shape index (κ2) is 7.75. The molecule has 0 saturated carbocycles. The maximum Gasteiger partial charge on any atom is 0.233 e. The molecule has 0 radical (unpaired) electrons. The largest absolute Gasteiger partial charge is 0.326 e. The van der Waals surface area contributed by atoms with E-state index in [1.54, 1.807) is 24.3 Å². The Bertz CT molecular complexity index is 818. The van der Waals surface area contributed by atoms with Crippen LogP contribution in [0, 0.1) is 20.8 Å². The van der Waals surface area contributed by atoms with E-state index < -0.39 is 5.91 Å². The number of hydrogen-bond acceptors (Lipinski definition) is 3. The standard InChI is InChI=1S/C20H22N2O3/c1-12-8-13(2)20(14(3)9-12)22-19(25)11-18(24)21-17-7-5-6-16(10-17)15(4)23/h5-10H,11H2,1-4H3,(H,21,24)(H,22,25). The van der Waals surface area contributed by atoms with Crippen molar-refractivity contribution < 1.29 is 14.4 Å². The summed E-state index contributed by atoms with van der Waals surface area (Å²) in [5.74, 6) is -0.893. The molecule has 0 bridgehead atoms. The van der Waals surface area contributed by atoms with Gasteiger partial charge in [-0.15, -0.1) is 0 Å². The Kier molecular flexibility index (Phi) is 5.70. The van der Waals surface area contributed by atoms with Crippen molar-refractivity contribution in [2.24, 2.45) is 0 Å². The molecular formula is C20H22N2O3. The highest BCUT2D eigenvalue weighted by atomic mass is 16.2. The zero-order valence-electron chi connectivity index (χ0n) is 14.9. The van der Waals surface area contributed by atoms with Crippen molar-refractivity contribution >= 4 is 29.0 Å². The molecule has 2 N–H and O–H groups in total. The van der Waals surface area contributed by atoms with Gasteiger partial charge in [-0.25, -0.2) is 0 Å². The predicted octanol–water partition coefficient (Wildman–Crippen LogP) is 3.78. The summed E-state index contributed by atoms with van der Waals surface area (Å²) in [6.45, 7) is 7.29. The quantitative estimate of drug-likeness (QED) is 0.643. The molecule has 0 aliphatic rings. The van der Waals surface area contributed by atoms with Crippen LogP contribution in [0.1, 0.15) is 40.4 Å². The number of amides is 2. The minimum Gasteiger partial charge on any atom is -0.326 e. The van der Waals surface area contributed by atoms with Crippen LogP contribution in [0.5, 0.6) is 0 Å². The van der Waals surface area contributed by atoms with Crippen molar-refractivity contribution in [1.29, 1.82) is 0 Å². The van der Waals surface area contributed by atoms with Crippen LogP contribution in [0.2, 0.25) is 0 Å². The molecule has 5 heteroatoms. The molecule has 0 saturated heterocycles. The van der Waals surface area contributed by atoms with E-state index in [0.717, 1.165) is 22.4 Å². The highest BCUT2D eigenvalue weighted by Gasteiger charge is 2.13. The lowest BCUT2D eigenvalue weighted by atomic mass is 10.0. The number of anilines is 2. The first-order valence-electron chi connectivity index (χ1n) is 8.05. The Morgan fingerprint density at radius 2 is 1.48 bits per heavy atom. The van der Waals surface area contributed by atoms with E-state index in [1.165, 1.54) is 6.92 Å². The molecule has 0 aromatic heterocycles. The van der Waals surface area contributed by atoms with Gasteiger partial charge in [0.15, 0.2) is 5.78 Å². The Hall–Kier alpha value is -2.95. The highest BCUT2D eigenvalue weighted by molar-refractivity contribution is 6.08. The fraction of sp³-hybridized carbons (Fsp3) is 0.250. The molecule has 0 fully saturated rings. The molecule has 0 heterocycles. The number of carbonyl (C=O) groups is 3. The molecule has 0 unspecified atom stereocenters. The molecule has 0 aliphatic heterocycles. The molecule has 2 aromatic rings. The van der Waals surface area contributed by atoms with E-state index in [4.69, 9.17) is 0 Å². The van der Waals surface area contributed by atoms with Crippen molar-refractivity contribution in [1.82, 2.24) is 0 Å². The molecule has 0 aliphatic carbocycles. The summed E-state index contributed by atoms with van der Waals surface area (Å²) in [6.07, 6.45) is -0.295. The maximum absolute atomic E-state index is 12.2. The summed E-state index contributed by atoms with van der Waals surface area (Å²) < 4.78 is 0. The third kappa shape index (κ3) is 5.01. The van der Waals surface area contributed by atoms with Crippen LogP contribution in [0.4, 0.5) is 11.4 Å². The molecule has 25 heavy (non-hydrogen) atoms. The Balaban J connectivity index is 2.00. The average molecular weight is 338 g/mol. The smallest absolute Gasteiger partial charge is 0.233 e.